The highest BCUT2D eigenvalue weighted by Gasteiger charge is 2.52. The Morgan fingerprint density at radius 1 is 1.09 bits per heavy atom. The quantitative estimate of drug-likeness (QED) is 0.850. The number of carbonyl (C=O) groups excluding carboxylic acids is 1. The highest BCUT2D eigenvalue weighted by atomic mass is 16.2. The Labute approximate surface area is 131 Å². The first-order valence-corrected chi connectivity index (χ1v) is 8.78. The zero-order valence-electron chi connectivity index (χ0n) is 13.1. The molecule has 0 unspecified atom stereocenters. The molecule has 6 rings (SSSR count). The third-order valence-corrected chi connectivity index (χ3v) is 6.77. The summed E-state index contributed by atoms with van der Waals surface area (Å²) < 4.78 is 0. The summed E-state index contributed by atoms with van der Waals surface area (Å²) >= 11 is 0. The van der Waals surface area contributed by atoms with Gasteiger partial charge in [-0.3, -0.25) is 4.79 Å². The maximum absolute atomic E-state index is 12.7. The number of anilines is 1. The fraction of sp³-hybridized carbons (Fsp3) is 0.632. The molecule has 2 N–H and O–H groups in total. The van der Waals surface area contributed by atoms with Crippen molar-refractivity contribution in [2.45, 2.75) is 45.1 Å². The van der Waals surface area contributed by atoms with Crippen molar-refractivity contribution in [1.29, 1.82) is 0 Å². The lowest BCUT2D eigenvalue weighted by atomic mass is 9.49. The maximum atomic E-state index is 12.7. The number of nitrogens with two attached hydrogens (primary N) is 1. The number of benzene rings is 1. The summed E-state index contributed by atoms with van der Waals surface area (Å²) in [4.78, 5) is 14.8. The standard InChI is InChI=1S/C19H24N2O/c20-17-3-1-2-15-16(17)10-21(18(15)22)11-19-7-12-4-13(8-19)6-14(5-12)9-19/h1-3,12-14H,4-11,20H2. The largest absolute Gasteiger partial charge is 0.398 e. The zero-order chi connectivity index (χ0) is 14.9. The van der Waals surface area contributed by atoms with Crippen LogP contribution in [0.4, 0.5) is 5.69 Å². The maximum Gasteiger partial charge on any atom is 0.254 e. The average molecular weight is 296 g/mol. The Hall–Kier alpha value is -1.51. The highest BCUT2D eigenvalue weighted by molar-refractivity contribution is 5.99. The lowest BCUT2D eigenvalue weighted by molar-refractivity contribution is -0.0653. The molecule has 1 aliphatic heterocycles. The van der Waals surface area contributed by atoms with Crippen LogP contribution in [-0.2, 0) is 6.54 Å². The monoisotopic (exact) mass is 296 g/mol. The third kappa shape index (κ3) is 1.77. The molecule has 0 aromatic heterocycles. The van der Waals surface area contributed by atoms with Gasteiger partial charge in [-0.15, -0.1) is 0 Å². The second-order valence-electron chi connectivity index (χ2n) is 8.45. The number of nitrogen functional groups attached to an aromatic ring is 1. The predicted octanol–water partition coefficient (Wildman–Crippen LogP) is 3.44. The summed E-state index contributed by atoms with van der Waals surface area (Å²) in [5.74, 6) is 3.03. The molecule has 4 bridgehead atoms. The summed E-state index contributed by atoms with van der Waals surface area (Å²) in [6.45, 7) is 1.69. The Morgan fingerprint density at radius 2 is 1.73 bits per heavy atom. The van der Waals surface area contributed by atoms with E-state index in [2.05, 4.69) is 4.90 Å². The van der Waals surface area contributed by atoms with Crippen LogP contribution in [0.15, 0.2) is 18.2 Å². The van der Waals surface area contributed by atoms with E-state index in [1.54, 1.807) is 0 Å². The Balaban J connectivity index is 1.42. The fourth-order valence-electron chi connectivity index (χ4n) is 6.43. The van der Waals surface area contributed by atoms with Crippen LogP contribution in [0.25, 0.3) is 0 Å². The predicted molar refractivity (Wildman–Crippen MR) is 86.2 cm³/mol. The van der Waals surface area contributed by atoms with Gasteiger partial charge in [0.2, 0.25) is 0 Å². The molecule has 116 valence electrons. The Bertz CT molecular complexity index is 616. The second-order valence-corrected chi connectivity index (χ2v) is 8.45. The average Bonchev–Trinajstić information content (AvgIpc) is 2.75. The number of nitrogens with zero attached hydrogens (tertiary/aromatic N) is 1. The van der Waals surface area contributed by atoms with Gasteiger partial charge < -0.3 is 10.6 Å². The van der Waals surface area contributed by atoms with Gasteiger partial charge in [0, 0.05) is 29.9 Å². The molecule has 5 aliphatic rings. The van der Waals surface area contributed by atoms with Gasteiger partial charge in [0.05, 0.1) is 0 Å². The van der Waals surface area contributed by atoms with Gasteiger partial charge >= 0.3 is 0 Å². The first kappa shape index (κ1) is 13.0. The van der Waals surface area contributed by atoms with E-state index in [4.69, 9.17) is 5.73 Å². The highest BCUT2D eigenvalue weighted by Crippen LogP contribution is 2.60. The van der Waals surface area contributed by atoms with Crippen molar-refractivity contribution in [2.75, 3.05) is 12.3 Å². The van der Waals surface area contributed by atoms with Gasteiger partial charge in [-0.25, -0.2) is 0 Å². The van der Waals surface area contributed by atoms with Gasteiger partial charge in [-0.2, -0.15) is 0 Å². The van der Waals surface area contributed by atoms with Crippen molar-refractivity contribution >= 4 is 11.6 Å². The van der Waals surface area contributed by atoms with E-state index in [1.807, 2.05) is 18.2 Å². The molecule has 22 heavy (non-hydrogen) atoms. The Kier molecular flexibility index (Phi) is 2.52. The number of fused-ring (bicyclic) bond motifs is 1. The van der Waals surface area contributed by atoms with Crippen LogP contribution in [-0.4, -0.2) is 17.4 Å². The van der Waals surface area contributed by atoms with E-state index in [0.717, 1.165) is 47.7 Å². The molecule has 0 radical (unpaired) electrons. The molecule has 4 fully saturated rings. The smallest absolute Gasteiger partial charge is 0.254 e. The normalized spacial score (nSPS) is 38.6. The van der Waals surface area contributed by atoms with Crippen molar-refractivity contribution in [2.24, 2.45) is 23.2 Å². The fourth-order valence-corrected chi connectivity index (χ4v) is 6.43. The minimum Gasteiger partial charge on any atom is -0.398 e. The summed E-state index contributed by atoms with van der Waals surface area (Å²) in [5, 5.41) is 0. The van der Waals surface area contributed by atoms with Gasteiger partial charge in [-0.1, -0.05) is 6.07 Å². The molecule has 4 aliphatic carbocycles. The number of hydrogen-bond acceptors (Lipinski definition) is 2. The molecule has 0 saturated heterocycles. The summed E-state index contributed by atoms with van der Waals surface area (Å²) in [7, 11) is 0. The van der Waals surface area contributed by atoms with E-state index in [9.17, 15) is 4.79 Å². The van der Waals surface area contributed by atoms with Crippen molar-refractivity contribution in [3.05, 3.63) is 29.3 Å². The number of rotatable bonds is 2. The van der Waals surface area contributed by atoms with E-state index < -0.39 is 0 Å². The van der Waals surface area contributed by atoms with Crippen molar-refractivity contribution < 1.29 is 4.79 Å². The van der Waals surface area contributed by atoms with Crippen LogP contribution < -0.4 is 5.73 Å². The summed E-state index contributed by atoms with van der Waals surface area (Å²) in [6.07, 6.45) is 8.44. The minimum absolute atomic E-state index is 0.207. The second kappa shape index (κ2) is 4.27. The molecule has 3 heteroatoms. The number of amides is 1. The first-order chi connectivity index (χ1) is 10.6. The van der Waals surface area contributed by atoms with Crippen LogP contribution in [0.3, 0.4) is 0 Å². The van der Waals surface area contributed by atoms with Gasteiger partial charge in [0.1, 0.15) is 0 Å². The number of hydrogen-bond donors (Lipinski definition) is 1. The summed E-state index contributed by atoms with van der Waals surface area (Å²) in [6, 6.07) is 5.76. The Morgan fingerprint density at radius 3 is 2.32 bits per heavy atom. The molecule has 1 aromatic carbocycles. The third-order valence-electron chi connectivity index (χ3n) is 6.77. The molecule has 1 amide bonds. The topological polar surface area (TPSA) is 46.3 Å². The molecule has 4 saturated carbocycles. The molecule has 1 aromatic rings. The van der Waals surface area contributed by atoms with Gasteiger partial charge in [0.25, 0.3) is 5.91 Å². The van der Waals surface area contributed by atoms with Gasteiger partial charge in [0.15, 0.2) is 0 Å². The first-order valence-electron chi connectivity index (χ1n) is 8.78. The van der Waals surface area contributed by atoms with Crippen LogP contribution in [0, 0.1) is 23.2 Å². The molecular formula is C19H24N2O. The molecule has 1 heterocycles. The molecule has 3 nitrogen and oxygen atoms in total. The van der Waals surface area contributed by atoms with E-state index in [-0.39, 0.29) is 5.91 Å². The zero-order valence-corrected chi connectivity index (χ0v) is 13.1. The van der Waals surface area contributed by atoms with Crippen LogP contribution in [0.2, 0.25) is 0 Å². The van der Waals surface area contributed by atoms with Gasteiger partial charge in [-0.05, 0) is 73.8 Å². The van der Waals surface area contributed by atoms with E-state index >= 15 is 0 Å². The lowest BCUT2D eigenvalue weighted by Crippen LogP contribution is -2.51. The molecule has 0 atom stereocenters. The van der Waals surface area contributed by atoms with E-state index in [1.165, 1.54) is 38.5 Å². The van der Waals surface area contributed by atoms with Crippen molar-refractivity contribution in [3.8, 4) is 0 Å². The lowest BCUT2D eigenvalue weighted by Gasteiger charge is -2.57. The van der Waals surface area contributed by atoms with Crippen LogP contribution in [0.1, 0.15) is 54.4 Å². The minimum atomic E-state index is 0.207. The van der Waals surface area contributed by atoms with Crippen LogP contribution in [0.5, 0.6) is 0 Å². The molecule has 0 spiro atoms. The van der Waals surface area contributed by atoms with Crippen molar-refractivity contribution in [1.82, 2.24) is 4.90 Å². The van der Waals surface area contributed by atoms with E-state index in [0.29, 0.717) is 5.41 Å². The van der Waals surface area contributed by atoms with Crippen molar-refractivity contribution in [3.63, 3.8) is 0 Å². The SMILES string of the molecule is Nc1cccc2c1CN(CC13CC4CC(CC(C4)C1)C3)C2=O. The summed E-state index contributed by atoms with van der Waals surface area (Å²) in [5.41, 5.74) is 9.16. The van der Waals surface area contributed by atoms with Crippen LogP contribution >= 0.6 is 0 Å². The number of carbonyl (C=O) groups is 1. The molecular weight excluding hydrogens is 272 g/mol.